The van der Waals surface area contributed by atoms with Gasteiger partial charge in [-0.2, -0.15) is 4.31 Å². The van der Waals surface area contributed by atoms with Gasteiger partial charge in [-0.25, -0.2) is 8.42 Å². The first-order valence-corrected chi connectivity index (χ1v) is 15.4. The van der Waals surface area contributed by atoms with E-state index < -0.39 is 15.6 Å². The summed E-state index contributed by atoms with van der Waals surface area (Å²) in [5.41, 5.74) is 4.52. The van der Waals surface area contributed by atoms with Gasteiger partial charge < -0.3 is 10.1 Å². The minimum atomic E-state index is -3.72. The average Bonchev–Trinajstić information content (AvgIpc) is 2.94. The van der Waals surface area contributed by atoms with Gasteiger partial charge in [-0.1, -0.05) is 60.2 Å². The molecule has 1 N–H and O–H groups in total. The summed E-state index contributed by atoms with van der Waals surface area (Å²) in [5, 5.41) is 3.05. The van der Waals surface area contributed by atoms with Crippen LogP contribution in [-0.4, -0.2) is 68.0 Å². The summed E-state index contributed by atoms with van der Waals surface area (Å²) in [6, 6.07) is 22.8. The van der Waals surface area contributed by atoms with E-state index in [2.05, 4.69) is 10.2 Å². The fourth-order valence-electron chi connectivity index (χ4n) is 5.67. The zero-order chi connectivity index (χ0) is 28.3. The number of ether oxygens (including phenoxy) is 1. The van der Waals surface area contributed by atoms with Gasteiger partial charge in [0.2, 0.25) is 15.9 Å². The number of anilines is 1. The van der Waals surface area contributed by atoms with Gasteiger partial charge in [0.05, 0.1) is 29.7 Å². The maximum atomic E-state index is 14.0. The Morgan fingerprint density at radius 3 is 2.33 bits per heavy atom. The van der Waals surface area contributed by atoms with E-state index in [1.54, 1.807) is 16.4 Å². The molecule has 2 fully saturated rings. The Morgan fingerprint density at radius 2 is 1.62 bits per heavy atom. The fraction of sp³-hybridized carbons (Fsp3) is 0.406. The molecule has 2 aliphatic rings. The van der Waals surface area contributed by atoms with E-state index in [9.17, 15) is 13.2 Å². The van der Waals surface area contributed by atoms with Crippen molar-refractivity contribution in [3.05, 3.63) is 95.1 Å². The Labute approximate surface area is 238 Å². The van der Waals surface area contributed by atoms with Gasteiger partial charge in [0.15, 0.2) is 0 Å². The van der Waals surface area contributed by atoms with Crippen LogP contribution in [0.15, 0.2) is 77.7 Å². The first-order chi connectivity index (χ1) is 19.1. The van der Waals surface area contributed by atoms with Gasteiger partial charge in [-0.15, -0.1) is 0 Å². The van der Waals surface area contributed by atoms with Crippen molar-refractivity contribution in [3.8, 4) is 0 Å². The van der Waals surface area contributed by atoms with Crippen LogP contribution in [0, 0.1) is 20.8 Å². The summed E-state index contributed by atoms with van der Waals surface area (Å²) >= 11 is 0. The van der Waals surface area contributed by atoms with Gasteiger partial charge >= 0.3 is 0 Å². The number of benzene rings is 3. The lowest BCUT2D eigenvalue weighted by Crippen LogP contribution is -2.62. The van der Waals surface area contributed by atoms with E-state index in [1.807, 2.05) is 81.4 Å². The smallest absolute Gasteiger partial charge is 0.243 e. The van der Waals surface area contributed by atoms with Crippen molar-refractivity contribution in [2.24, 2.45) is 0 Å². The highest BCUT2D eigenvalue weighted by Crippen LogP contribution is 2.36. The lowest BCUT2D eigenvalue weighted by molar-refractivity contribution is -0.139. The molecule has 2 aliphatic heterocycles. The second kappa shape index (κ2) is 11.8. The maximum Gasteiger partial charge on any atom is 0.243 e. The summed E-state index contributed by atoms with van der Waals surface area (Å²) in [6.07, 6.45) is 1.93. The third-order valence-corrected chi connectivity index (χ3v) is 10.1. The number of likely N-dealkylation sites (tertiary alicyclic amines) is 1. The Morgan fingerprint density at radius 1 is 0.950 bits per heavy atom. The van der Waals surface area contributed by atoms with E-state index in [4.69, 9.17) is 4.74 Å². The van der Waals surface area contributed by atoms with Crippen molar-refractivity contribution < 1.29 is 17.9 Å². The number of sulfonamides is 1. The molecule has 0 aliphatic carbocycles. The second-order valence-electron chi connectivity index (χ2n) is 11.3. The van der Waals surface area contributed by atoms with Crippen LogP contribution in [0.4, 0.5) is 5.69 Å². The first-order valence-electron chi connectivity index (χ1n) is 14.0. The fourth-order valence-corrected chi connectivity index (χ4v) is 7.36. The molecular weight excluding hydrogens is 522 g/mol. The number of hydrogen-bond donors (Lipinski definition) is 1. The van der Waals surface area contributed by atoms with Gasteiger partial charge in [-0.05, 0) is 74.9 Å². The molecule has 1 atom stereocenters. The van der Waals surface area contributed by atoms with Crippen LogP contribution in [0.1, 0.15) is 35.1 Å². The zero-order valence-electron chi connectivity index (χ0n) is 23.6. The molecule has 0 unspecified atom stereocenters. The number of aryl methyl sites for hydroxylation is 3. The molecule has 8 heteroatoms. The van der Waals surface area contributed by atoms with Gasteiger partial charge in [0.1, 0.15) is 0 Å². The number of nitrogens with zero attached hydrogens (tertiary/aromatic N) is 2. The van der Waals surface area contributed by atoms with Crippen molar-refractivity contribution in [2.45, 2.75) is 56.6 Å². The van der Waals surface area contributed by atoms with Crippen LogP contribution < -0.4 is 5.32 Å². The van der Waals surface area contributed by atoms with Gasteiger partial charge in [0.25, 0.3) is 0 Å². The van der Waals surface area contributed by atoms with E-state index in [0.29, 0.717) is 56.9 Å². The number of carbonyl (C=O) groups is 1. The monoisotopic (exact) mass is 561 g/mol. The number of amides is 1. The highest BCUT2D eigenvalue weighted by Gasteiger charge is 2.47. The molecule has 3 aromatic carbocycles. The average molecular weight is 562 g/mol. The number of piperidine rings is 1. The summed E-state index contributed by atoms with van der Waals surface area (Å²) in [6.45, 7) is 8.23. The van der Waals surface area contributed by atoms with Crippen LogP contribution in [-0.2, 0) is 26.0 Å². The lowest BCUT2D eigenvalue weighted by atomic mass is 9.88. The highest BCUT2D eigenvalue weighted by atomic mass is 32.2. The number of morpholine rings is 1. The number of rotatable bonds is 7. The number of hydrogen-bond acceptors (Lipinski definition) is 5. The minimum absolute atomic E-state index is 0.0410. The Balaban J connectivity index is 1.28. The molecule has 0 saturated carbocycles. The zero-order valence-corrected chi connectivity index (χ0v) is 24.4. The molecule has 3 aromatic rings. The van der Waals surface area contributed by atoms with Crippen LogP contribution in [0.3, 0.4) is 0 Å². The predicted molar refractivity (Wildman–Crippen MR) is 158 cm³/mol. The molecular formula is C32H39N3O4S. The third-order valence-electron chi connectivity index (χ3n) is 8.18. The van der Waals surface area contributed by atoms with E-state index in [0.717, 1.165) is 27.9 Å². The molecule has 0 bridgehead atoms. The van der Waals surface area contributed by atoms with E-state index in [1.165, 1.54) is 0 Å². The van der Waals surface area contributed by atoms with Crippen molar-refractivity contribution >= 4 is 21.6 Å². The second-order valence-corrected chi connectivity index (χ2v) is 13.2. The number of carbonyl (C=O) groups excluding carboxylic acids is 1. The summed E-state index contributed by atoms with van der Waals surface area (Å²) in [7, 11) is -3.72. The maximum absolute atomic E-state index is 14.0. The Kier molecular flexibility index (Phi) is 8.42. The van der Waals surface area contributed by atoms with E-state index >= 15 is 0 Å². The Bertz CT molecular complexity index is 1430. The molecule has 5 rings (SSSR count). The largest absolute Gasteiger partial charge is 0.372 e. The summed E-state index contributed by atoms with van der Waals surface area (Å²) in [4.78, 5) is 15.3. The van der Waals surface area contributed by atoms with Crippen molar-refractivity contribution in [1.29, 1.82) is 0 Å². The molecule has 1 spiro atoms. The number of nitrogens with one attached hydrogen (secondary N) is 1. The van der Waals surface area contributed by atoms with Crippen LogP contribution >= 0.6 is 0 Å². The molecule has 1 amide bonds. The van der Waals surface area contributed by atoms with Crippen LogP contribution in [0.25, 0.3) is 0 Å². The van der Waals surface area contributed by atoms with Crippen molar-refractivity contribution in [2.75, 3.05) is 38.1 Å². The molecule has 2 heterocycles. The molecule has 0 aromatic heterocycles. The standard InChI is InChI=1S/C32H39N3O4S/c1-24-10-13-29(14-11-24)40(37,38)35-23-32(39-22-28(35)20-27-7-5-4-6-8-27)15-17-34(18-16-32)21-31(36)33-30-19-25(2)9-12-26(30)3/h4-14,19,28H,15-18,20-23H2,1-3H3,(H,33,36)/t28-/m1/s1. The highest BCUT2D eigenvalue weighted by molar-refractivity contribution is 7.89. The third kappa shape index (κ3) is 6.47. The molecule has 7 nitrogen and oxygen atoms in total. The summed E-state index contributed by atoms with van der Waals surface area (Å²) < 4.78 is 36.1. The first kappa shape index (κ1) is 28.5. The molecule has 0 radical (unpaired) electrons. The quantitative estimate of drug-likeness (QED) is 0.452. The predicted octanol–water partition coefficient (Wildman–Crippen LogP) is 4.72. The van der Waals surface area contributed by atoms with Crippen molar-refractivity contribution in [1.82, 2.24) is 9.21 Å². The topological polar surface area (TPSA) is 79.0 Å². The van der Waals surface area contributed by atoms with Crippen LogP contribution in [0.5, 0.6) is 0 Å². The molecule has 2 saturated heterocycles. The van der Waals surface area contributed by atoms with Gasteiger partial charge in [-0.3, -0.25) is 9.69 Å². The summed E-state index contributed by atoms with van der Waals surface area (Å²) in [5.74, 6) is -0.0410. The van der Waals surface area contributed by atoms with Crippen LogP contribution in [0.2, 0.25) is 0 Å². The lowest BCUT2D eigenvalue weighted by Gasteiger charge is -2.49. The Hall–Kier alpha value is -3.04. The van der Waals surface area contributed by atoms with Gasteiger partial charge in [0, 0.05) is 25.3 Å². The SMILES string of the molecule is Cc1ccc(S(=O)(=O)N2CC3(CCN(CC(=O)Nc4cc(C)ccc4C)CC3)OC[C@H]2Cc2ccccc2)cc1. The minimum Gasteiger partial charge on any atom is -0.372 e. The van der Waals surface area contributed by atoms with E-state index in [-0.39, 0.29) is 11.9 Å². The normalized spacial score (nSPS) is 19.9. The molecule has 40 heavy (non-hydrogen) atoms. The van der Waals surface area contributed by atoms with Crippen molar-refractivity contribution in [3.63, 3.8) is 0 Å². The molecule has 212 valence electrons.